The quantitative estimate of drug-likeness (QED) is 0.833. The largest absolute Gasteiger partial charge is 0.332 e. The number of aromatic nitrogens is 2. The number of carbonyl (C=O) groups is 1. The lowest BCUT2D eigenvalue weighted by atomic mass is 10.1. The Labute approximate surface area is 132 Å². The van der Waals surface area contributed by atoms with Crippen LogP contribution >= 0.6 is 11.6 Å². The van der Waals surface area contributed by atoms with Crippen molar-refractivity contribution in [1.82, 2.24) is 14.9 Å². The SMILES string of the molecule is CN(C(=O)c1ncncc1Cl)C1CS(=O)(=O)c2ccccc21. The maximum absolute atomic E-state index is 12.5. The molecule has 0 saturated heterocycles. The van der Waals surface area contributed by atoms with Crippen molar-refractivity contribution in [2.45, 2.75) is 10.9 Å². The van der Waals surface area contributed by atoms with Gasteiger partial charge >= 0.3 is 0 Å². The van der Waals surface area contributed by atoms with Gasteiger partial charge in [-0.3, -0.25) is 4.79 Å². The van der Waals surface area contributed by atoms with Crippen LogP contribution < -0.4 is 0 Å². The van der Waals surface area contributed by atoms with Crippen molar-refractivity contribution >= 4 is 27.3 Å². The molecule has 0 fully saturated rings. The van der Waals surface area contributed by atoms with Crippen LogP contribution in [0, 0.1) is 0 Å². The van der Waals surface area contributed by atoms with E-state index in [2.05, 4.69) is 9.97 Å². The molecule has 0 radical (unpaired) electrons. The number of carbonyl (C=O) groups excluding carboxylic acids is 1. The highest BCUT2D eigenvalue weighted by Crippen LogP contribution is 2.37. The fourth-order valence-electron chi connectivity index (χ4n) is 2.53. The van der Waals surface area contributed by atoms with Crippen LogP contribution in [-0.4, -0.2) is 42.0 Å². The third kappa shape index (κ3) is 2.36. The first kappa shape index (κ1) is 14.9. The summed E-state index contributed by atoms with van der Waals surface area (Å²) in [4.78, 5) is 21.8. The summed E-state index contributed by atoms with van der Waals surface area (Å²) in [6.45, 7) is 0. The van der Waals surface area contributed by atoms with Gasteiger partial charge in [0, 0.05) is 13.2 Å². The summed E-state index contributed by atoms with van der Waals surface area (Å²) in [7, 11) is -1.84. The minimum atomic E-state index is -3.39. The van der Waals surface area contributed by atoms with Gasteiger partial charge in [-0.1, -0.05) is 29.8 Å². The highest BCUT2D eigenvalue weighted by Gasteiger charge is 2.38. The topological polar surface area (TPSA) is 80.2 Å². The monoisotopic (exact) mass is 337 g/mol. The zero-order valence-electron chi connectivity index (χ0n) is 11.6. The van der Waals surface area contributed by atoms with Crippen LogP contribution in [0.1, 0.15) is 22.1 Å². The normalized spacial score (nSPS) is 18.7. The van der Waals surface area contributed by atoms with Gasteiger partial charge in [-0.2, -0.15) is 0 Å². The predicted octanol–water partition coefficient (Wildman–Crippen LogP) is 1.73. The zero-order chi connectivity index (χ0) is 15.9. The second-order valence-corrected chi connectivity index (χ2v) is 7.38. The van der Waals surface area contributed by atoms with Crippen LogP contribution in [-0.2, 0) is 9.84 Å². The molecular formula is C14H12ClN3O3S. The van der Waals surface area contributed by atoms with Crippen LogP contribution in [0.2, 0.25) is 5.02 Å². The van der Waals surface area contributed by atoms with Crippen LogP contribution in [0.15, 0.2) is 41.7 Å². The highest BCUT2D eigenvalue weighted by atomic mass is 35.5. The van der Waals surface area contributed by atoms with Crippen molar-refractivity contribution in [3.63, 3.8) is 0 Å². The molecule has 3 rings (SSSR count). The van der Waals surface area contributed by atoms with Crippen LogP contribution in [0.5, 0.6) is 0 Å². The van der Waals surface area contributed by atoms with Crippen LogP contribution in [0.3, 0.4) is 0 Å². The smallest absolute Gasteiger partial charge is 0.274 e. The van der Waals surface area contributed by atoms with E-state index in [0.29, 0.717) is 5.56 Å². The summed E-state index contributed by atoms with van der Waals surface area (Å²) in [5, 5.41) is 0.133. The van der Waals surface area contributed by atoms with E-state index in [0.717, 1.165) is 0 Å². The second-order valence-electron chi connectivity index (χ2n) is 4.97. The molecule has 22 heavy (non-hydrogen) atoms. The average molecular weight is 338 g/mol. The molecule has 6 nitrogen and oxygen atoms in total. The Hall–Kier alpha value is -1.99. The summed E-state index contributed by atoms with van der Waals surface area (Å²) in [5.41, 5.74) is 0.671. The van der Waals surface area contributed by atoms with E-state index in [9.17, 15) is 13.2 Å². The van der Waals surface area contributed by atoms with E-state index < -0.39 is 21.8 Å². The molecule has 1 aliphatic heterocycles. The maximum Gasteiger partial charge on any atom is 0.274 e. The van der Waals surface area contributed by atoms with Gasteiger partial charge in [-0.05, 0) is 11.6 Å². The first-order chi connectivity index (χ1) is 10.4. The van der Waals surface area contributed by atoms with Gasteiger partial charge in [0.15, 0.2) is 9.84 Å². The summed E-state index contributed by atoms with van der Waals surface area (Å²) in [6.07, 6.45) is 2.56. The van der Waals surface area contributed by atoms with Gasteiger partial charge in [0.2, 0.25) is 0 Å². The van der Waals surface area contributed by atoms with E-state index in [-0.39, 0.29) is 21.4 Å². The van der Waals surface area contributed by atoms with Crippen molar-refractivity contribution in [2.24, 2.45) is 0 Å². The lowest BCUT2D eigenvalue weighted by Crippen LogP contribution is -2.33. The van der Waals surface area contributed by atoms with Gasteiger partial charge in [-0.25, -0.2) is 18.4 Å². The summed E-state index contributed by atoms with van der Waals surface area (Å²) in [6, 6.07) is 6.14. The van der Waals surface area contributed by atoms with Gasteiger partial charge in [-0.15, -0.1) is 0 Å². The Morgan fingerprint density at radius 1 is 1.36 bits per heavy atom. The predicted molar refractivity (Wildman–Crippen MR) is 80.4 cm³/mol. The third-order valence-corrected chi connectivity index (χ3v) is 5.72. The molecule has 1 aromatic heterocycles. The number of rotatable bonds is 2. The first-order valence-electron chi connectivity index (χ1n) is 6.46. The highest BCUT2D eigenvalue weighted by molar-refractivity contribution is 7.91. The molecule has 0 spiro atoms. The molecule has 114 valence electrons. The Morgan fingerprint density at radius 3 is 2.82 bits per heavy atom. The average Bonchev–Trinajstić information content (AvgIpc) is 2.79. The molecule has 1 unspecified atom stereocenters. The van der Waals surface area contributed by atoms with Gasteiger partial charge in [0.05, 0.1) is 21.7 Å². The Kier molecular flexibility index (Phi) is 3.62. The summed E-state index contributed by atoms with van der Waals surface area (Å²) in [5.74, 6) is -0.582. The minimum absolute atomic E-state index is 0.0564. The molecule has 1 aliphatic rings. The number of nitrogens with zero attached hydrogens (tertiary/aromatic N) is 3. The molecule has 1 amide bonds. The van der Waals surface area contributed by atoms with Crippen molar-refractivity contribution in [1.29, 1.82) is 0 Å². The molecule has 0 aliphatic carbocycles. The maximum atomic E-state index is 12.5. The lowest BCUT2D eigenvalue weighted by Gasteiger charge is -2.24. The van der Waals surface area contributed by atoms with Gasteiger partial charge in [0.25, 0.3) is 5.91 Å². The first-order valence-corrected chi connectivity index (χ1v) is 8.49. The number of sulfone groups is 1. The number of fused-ring (bicyclic) bond motifs is 1. The number of benzene rings is 1. The van der Waals surface area contributed by atoms with E-state index in [1.165, 1.54) is 17.4 Å². The molecule has 1 atom stereocenters. The Morgan fingerprint density at radius 2 is 2.09 bits per heavy atom. The Bertz CT molecular complexity index is 854. The number of halogens is 1. The van der Waals surface area contributed by atoms with Crippen molar-refractivity contribution in [3.8, 4) is 0 Å². The lowest BCUT2D eigenvalue weighted by molar-refractivity contribution is 0.0740. The van der Waals surface area contributed by atoms with E-state index in [4.69, 9.17) is 11.6 Å². The molecular weight excluding hydrogens is 326 g/mol. The molecule has 2 heterocycles. The van der Waals surface area contributed by atoms with E-state index in [1.807, 2.05) is 0 Å². The summed E-state index contributed by atoms with van der Waals surface area (Å²) >= 11 is 5.94. The molecule has 8 heteroatoms. The number of hydrogen-bond acceptors (Lipinski definition) is 5. The molecule has 1 aromatic carbocycles. The van der Waals surface area contributed by atoms with E-state index >= 15 is 0 Å². The fourth-order valence-corrected chi connectivity index (χ4v) is 4.56. The minimum Gasteiger partial charge on any atom is -0.332 e. The molecule has 0 saturated carbocycles. The third-order valence-electron chi connectivity index (χ3n) is 3.65. The van der Waals surface area contributed by atoms with Crippen molar-refractivity contribution in [3.05, 3.63) is 53.1 Å². The molecule has 0 N–H and O–H groups in total. The number of hydrogen-bond donors (Lipinski definition) is 0. The van der Waals surface area contributed by atoms with Gasteiger partial charge < -0.3 is 4.90 Å². The Balaban J connectivity index is 1.99. The van der Waals surface area contributed by atoms with Gasteiger partial charge in [0.1, 0.15) is 12.0 Å². The molecule has 2 aromatic rings. The second kappa shape index (κ2) is 5.33. The fraction of sp³-hybridized carbons (Fsp3) is 0.214. The molecule has 0 bridgehead atoms. The van der Waals surface area contributed by atoms with Crippen molar-refractivity contribution < 1.29 is 13.2 Å². The van der Waals surface area contributed by atoms with Crippen LogP contribution in [0.4, 0.5) is 0 Å². The zero-order valence-corrected chi connectivity index (χ0v) is 13.2. The number of amides is 1. The summed E-state index contributed by atoms with van der Waals surface area (Å²) < 4.78 is 24.4. The van der Waals surface area contributed by atoms with E-state index in [1.54, 1.807) is 31.3 Å². The van der Waals surface area contributed by atoms with Crippen LogP contribution in [0.25, 0.3) is 0 Å². The van der Waals surface area contributed by atoms with Crippen molar-refractivity contribution in [2.75, 3.05) is 12.8 Å². The standard InChI is InChI=1S/C14H12ClN3O3S/c1-18(14(19)13-10(15)6-16-8-17-13)11-7-22(20,21)12-5-3-2-4-9(11)12/h2-6,8,11H,7H2,1H3.